The first-order valence-corrected chi connectivity index (χ1v) is 7.36. The molecule has 1 aliphatic rings. The Bertz CT molecular complexity index is 742. The van der Waals surface area contributed by atoms with Crippen LogP contribution in [0.25, 0.3) is 0 Å². The number of hydrogen-bond donors (Lipinski definition) is 2. The zero-order chi connectivity index (χ0) is 15.7. The van der Waals surface area contributed by atoms with Crippen LogP contribution in [-0.4, -0.2) is 28.9 Å². The van der Waals surface area contributed by atoms with E-state index in [4.69, 9.17) is 11.6 Å². The fourth-order valence-corrected chi connectivity index (χ4v) is 2.62. The van der Waals surface area contributed by atoms with Crippen molar-refractivity contribution in [1.29, 1.82) is 0 Å². The Balaban J connectivity index is 2.23. The van der Waals surface area contributed by atoms with Crippen molar-refractivity contribution in [3.05, 3.63) is 64.7 Å². The first kappa shape index (κ1) is 14.8. The van der Waals surface area contributed by atoms with E-state index in [2.05, 4.69) is 10.3 Å². The van der Waals surface area contributed by atoms with Gasteiger partial charge in [-0.05, 0) is 25.1 Å². The lowest BCUT2D eigenvalue weighted by molar-refractivity contribution is -0.119. The fourth-order valence-electron chi connectivity index (χ4n) is 2.45. The van der Waals surface area contributed by atoms with Gasteiger partial charge in [0.15, 0.2) is 6.04 Å². The van der Waals surface area contributed by atoms with Gasteiger partial charge < -0.3 is 10.4 Å². The standard InChI is InChI=1S/C17H15ClN2O2/c1-10(21)15-17(22)19-14-8-7-12(18)9-13(14)16(20-15)11-5-3-2-4-6-11/h2-10,15,21H,1H3,(H,19,22)/t10-,15?/m1/s1. The molecule has 2 N–H and O–H groups in total. The van der Waals surface area contributed by atoms with Crippen LogP contribution in [0.2, 0.25) is 5.02 Å². The largest absolute Gasteiger partial charge is 0.391 e. The lowest BCUT2D eigenvalue weighted by Crippen LogP contribution is -2.34. The first-order valence-electron chi connectivity index (χ1n) is 6.98. The number of benzene rings is 2. The molecule has 2 atom stereocenters. The number of aliphatic hydroxyl groups is 1. The molecule has 0 saturated carbocycles. The summed E-state index contributed by atoms with van der Waals surface area (Å²) in [5.74, 6) is -0.329. The highest BCUT2D eigenvalue weighted by Crippen LogP contribution is 2.27. The molecule has 2 aromatic carbocycles. The number of rotatable bonds is 2. The van der Waals surface area contributed by atoms with Crippen LogP contribution in [0.1, 0.15) is 18.1 Å². The highest BCUT2D eigenvalue weighted by atomic mass is 35.5. The molecule has 0 fully saturated rings. The van der Waals surface area contributed by atoms with E-state index < -0.39 is 12.1 Å². The van der Waals surface area contributed by atoms with Crippen LogP contribution in [-0.2, 0) is 4.79 Å². The molecule has 0 radical (unpaired) electrons. The summed E-state index contributed by atoms with van der Waals surface area (Å²) in [6, 6.07) is 13.9. The maximum absolute atomic E-state index is 12.3. The van der Waals surface area contributed by atoms with Gasteiger partial charge in [-0.25, -0.2) is 0 Å². The van der Waals surface area contributed by atoms with Crippen molar-refractivity contribution in [2.45, 2.75) is 19.1 Å². The number of carbonyl (C=O) groups is 1. The summed E-state index contributed by atoms with van der Waals surface area (Å²) < 4.78 is 0. The molecule has 22 heavy (non-hydrogen) atoms. The molecule has 1 aliphatic heterocycles. The van der Waals surface area contributed by atoms with Crippen molar-refractivity contribution < 1.29 is 9.90 Å². The van der Waals surface area contributed by atoms with Crippen molar-refractivity contribution >= 4 is 28.9 Å². The Hall–Kier alpha value is -2.17. The molecule has 1 amide bonds. The van der Waals surface area contributed by atoms with Crippen molar-refractivity contribution in [3.63, 3.8) is 0 Å². The Kier molecular flexibility index (Phi) is 3.96. The third kappa shape index (κ3) is 2.75. The van der Waals surface area contributed by atoms with E-state index in [1.54, 1.807) is 25.1 Å². The Morgan fingerprint density at radius 2 is 1.95 bits per heavy atom. The normalized spacial score (nSPS) is 18.8. The number of hydrogen-bond acceptors (Lipinski definition) is 3. The van der Waals surface area contributed by atoms with E-state index in [1.807, 2.05) is 30.3 Å². The van der Waals surface area contributed by atoms with Gasteiger partial charge in [-0.1, -0.05) is 41.9 Å². The van der Waals surface area contributed by atoms with Crippen molar-refractivity contribution in [2.75, 3.05) is 5.32 Å². The second-order valence-corrected chi connectivity index (χ2v) is 5.64. The van der Waals surface area contributed by atoms with Crippen LogP contribution < -0.4 is 5.32 Å². The van der Waals surface area contributed by atoms with Gasteiger partial charge in [0.25, 0.3) is 5.91 Å². The molecule has 0 bridgehead atoms. The quantitative estimate of drug-likeness (QED) is 0.895. The molecule has 1 heterocycles. The van der Waals surface area contributed by atoms with Crippen molar-refractivity contribution in [3.8, 4) is 0 Å². The Morgan fingerprint density at radius 1 is 1.23 bits per heavy atom. The van der Waals surface area contributed by atoms with Gasteiger partial charge in [0, 0.05) is 16.1 Å². The second kappa shape index (κ2) is 5.91. The van der Waals surface area contributed by atoms with Crippen LogP contribution in [0.5, 0.6) is 0 Å². The van der Waals surface area contributed by atoms with Crippen LogP contribution >= 0.6 is 11.6 Å². The van der Waals surface area contributed by atoms with E-state index in [-0.39, 0.29) is 5.91 Å². The van der Waals surface area contributed by atoms with Crippen molar-refractivity contribution in [2.24, 2.45) is 4.99 Å². The number of aliphatic hydroxyl groups excluding tert-OH is 1. The summed E-state index contributed by atoms with van der Waals surface area (Å²) >= 11 is 6.10. The van der Waals surface area contributed by atoms with Gasteiger partial charge >= 0.3 is 0 Å². The number of carbonyl (C=O) groups excluding carboxylic acids is 1. The average molecular weight is 315 g/mol. The summed E-state index contributed by atoms with van der Waals surface area (Å²) in [6.45, 7) is 1.55. The third-order valence-corrected chi connectivity index (χ3v) is 3.77. The summed E-state index contributed by atoms with van der Waals surface area (Å²) in [5, 5.41) is 13.2. The van der Waals surface area contributed by atoms with Gasteiger partial charge in [-0.3, -0.25) is 9.79 Å². The zero-order valence-corrected chi connectivity index (χ0v) is 12.7. The number of benzodiazepines with no additional fused rings is 1. The smallest absolute Gasteiger partial charge is 0.251 e. The zero-order valence-electron chi connectivity index (χ0n) is 12.0. The third-order valence-electron chi connectivity index (χ3n) is 3.54. The minimum Gasteiger partial charge on any atom is -0.391 e. The van der Waals surface area contributed by atoms with E-state index in [1.165, 1.54) is 0 Å². The molecule has 3 rings (SSSR count). The van der Waals surface area contributed by atoms with Crippen LogP contribution in [0.4, 0.5) is 5.69 Å². The fraction of sp³-hybridized carbons (Fsp3) is 0.176. The molecule has 4 nitrogen and oxygen atoms in total. The highest BCUT2D eigenvalue weighted by molar-refractivity contribution is 6.32. The van der Waals surface area contributed by atoms with Gasteiger partial charge in [-0.15, -0.1) is 0 Å². The number of anilines is 1. The summed E-state index contributed by atoms with van der Waals surface area (Å²) in [7, 11) is 0. The Labute approximate surface area is 133 Å². The number of nitrogens with one attached hydrogen (secondary N) is 1. The summed E-state index contributed by atoms with van der Waals surface area (Å²) in [6.07, 6.45) is -0.886. The SMILES string of the molecule is C[C@@H](O)C1N=C(c2ccccc2)c2cc(Cl)ccc2NC1=O. The molecule has 2 aromatic rings. The maximum atomic E-state index is 12.3. The molecule has 0 saturated heterocycles. The van der Waals surface area contributed by atoms with Crippen LogP contribution in [0, 0.1) is 0 Å². The molecular formula is C17H15ClN2O2. The maximum Gasteiger partial charge on any atom is 0.251 e. The van der Waals surface area contributed by atoms with E-state index in [0.717, 1.165) is 11.1 Å². The number of halogens is 1. The molecule has 0 spiro atoms. The first-order chi connectivity index (χ1) is 10.6. The lowest BCUT2D eigenvalue weighted by Gasteiger charge is -2.13. The van der Waals surface area contributed by atoms with E-state index in [0.29, 0.717) is 16.4 Å². The van der Waals surface area contributed by atoms with Gasteiger partial charge in [0.05, 0.1) is 17.5 Å². The second-order valence-electron chi connectivity index (χ2n) is 5.21. The highest BCUT2D eigenvalue weighted by Gasteiger charge is 2.29. The minimum atomic E-state index is -0.886. The molecule has 0 aromatic heterocycles. The topological polar surface area (TPSA) is 61.7 Å². The Morgan fingerprint density at radius 3 is 2.64 bits per heavy atom. The van der Waals surface area contributed by atoms with Gasteiger partial charge in [0.2, 0.25) is 0 Å². The average Bonchev–Trinajstić information content (AvgIpc) is 2.64. The predicted molar refractivity (Wildman–Crippen MR) is 87.6 cm³/mol. The monoisotopic (exact) mass is 314 g/mol. The summed E-state index contributed by atoms with van der Waals surface area (Å²) in [4.78, 5) is 16.8. The predicted octanol–water partition coefficient (Wildman–Crippen LogP) is 2.88. The number of amides is 1. The summed E-state index contributed by atoms with van der Waals surface area (Å²) in [5.41, 5.74) is 2.89. The van der Waals surface area contributed by atoms with E-state index in [9.17, 15) is 9.90 Å². The number of nitrogens with zero attached hydrogens (tertiary/aromatic N) is 1. The molecular weight excluding hydrogens is 300 g/mol. The molecule has 0 aliphatic carbocycles. The number of fused-ring (bicyclic) bond motifs is 1. The molecule has 112 valence electrons. The van der Waals surface area contributed by atoms with Gasteiger partial charge in [-0.2, -0.15) is 0 Å². The van der Waals surface area contributed by atoms with E-state index >= 15 is 0 Å². The molecule has 1 unspecified atom stereocenters. The van der Waals surface area contributed by atoms with Crippen LogP contribution in [0.3, 0.4) is 0 Å². The van der Waals surface area contributed by atoms with Gasteiger partial charge in [0.1, 0.15) is 0 Å². The molecule has 5 heteroatoms. The lowest BCUT2D eigenvalue weighted by atomic mass is 10.0. The minimum absolute atomic E-state index is 0.329. The van der Waals surface area contributed by atoms with Crippen LogP contribution in [0.15, 0.2) is 53.5 Å². The number of aliphatic imine (C=N–C) groups is 1. The van der Waals surface area contributed by atoms with Crippen molar-refractivity contribution in [1.82, 2.24) is 0 Å².